The van der Waals surface area contributed by atoms with Crippen LogP contribution in [0.1, 0.15) is 11.1 Å². The van der Waals surface area contributed by atoms with E-state index in [0.717, 1.165) is 5.56 Å². The molecule has 2 rings (SSSR count). The molecule has 4 heteroatoms. The molecule has 94 valence electrons. The maximum Gasteiger partial charge on any atom is 0.319 e. The first kappa shape index (κ1) is 12.7. The number of nitriles is 1. The summed E-state index contributed by atoms with van der Waals surface area (Å²) in [5.41, 5.74) is 2.15. The Labute approximate surface area is 111 Å². The van der Waals surface area contributed by atoms with Gasteiger partial charge >= 0.3 is 6.03 Å². The monoisotopic (exact) mass is 251 g/mol. The van der Waals surface area contributed by atoms with Crippen LogP contribution in [0, 0.1) is 11.3 Å². The zero-order valence-electron chi connectivity index (χ0n) is 10.3. The van der Waals surface area contributed by atoms with Crippen LogP contribution in [-0.2, 0) is 6.54 Å². The van der Waals surface area contributed by atoms with Crippen molar-refractivity contribution in [2.24, 2.45) is 0 Å². The van der Waals surface area contributed by atoms with Crippen molar-refractivity contribution in [3.63, 3.8) is 0 Å². The minimum atomic E-state index is -0.293. The molecule has 2 amide bonds. The fraction of sp³-hybridized carbons (Fsp3) is 0.0667. The number of carbonyl (C=O) groups is 1. The van der Waals surface area contributed by atoms with E-state index >= 15 is 0 Å². The summed E-state index contributed by atoms with van der Waals surface area (Å²) in [7, 11) is 0. The molecule has 0 bridgehead atoms. The summed E-state index contributed by atoms with van der Waals surface area (Å²) in [5.74, 6) is 0. The van der Waals surface area contributed by atoms with Crippen LogP contribution in [0.25, 0.3) is 0 Å². The predicted octanol–water partition coefficient (Wildman–Crippen LogP) is 2.88. The minimum Gasteiger partial charge on any atom is -0.334 e. The van der Waals surface area contributed by atoms with E-state index in [1.165, 1.54) is 0 Å². The third-order valence-corrected chi connectivity index (χ3v) is 2.55. The van der Waals surface area contributed by atoms with E-state index in [1.807, 2.05) is 36.4 Å². The molecular weight excluding hydrogens is 238 g/mol. The Hall–Kier alpha value is -2.80. The number of rotatable bonds is 3. The number of carbonyl (C=O) groups excluding carboxylic acids is 1. The van der Waals surface area contributed by atoms with Gasteiger partial charge in [-0.1, -0.05) is 36.4 Å². The molecular formula is C15H13N3O. The van der Waals surface area contributed by atoms with E-state index in [1.54, 1.807) is 24.3 Å². The SMILES string of the molecule is N#Cc1cccc(NC(=O)NCc2ccccc2)c1. The molecule has 0 aromatic heterocycles. The largest absolute Gasteiger partial charge is 0.334 e. The number of anilines is 1. The van der Waals surface area contributed by atoms with E-state index in [9.17, 15) is 4.79 Å². The Morgan fingerprint density at radius 3 is 2.63 bits per heavy atom. The van der Waals surface area contributed by atoms with Gasteiger partial charge in [-0.2, -0.15) is 5.26 Å². The Morgan fingerprint density at radius 1 is 1.11 bits per heavy atom. The highest BCUT2D eigenvalue weighted by atomic mass is 16.2. The molecule has 0 saturated heterocycles. The van der Waals surface area contributed by atoms with Crippen molar-refractivity contribution in [3.8, 4) is 6.07 Å². The molecule has 0 heterocycles. The molecule has 0 atom stereocenters. The van der Waals surface area contributed by atoms with Crippen molar-refractivity contribution >= 4 is 11.7 Å². The summed E-state index contributed by atoms with van der Waals surface area (Å²) in [5, 5.41) is 14.2. The highest BCUT2D eigenvalue weighted by Crippen LogP contribution is 2.09. The number of amides is 2. The molecule has 0 aliphatic rings. The van der Waals surface area contributed by atoms with Crippen molar-refractivity contribution in [2.75, 3.05) is 5.32 Å². The molecule has 0 unspecified atom stereocenters. The van der Waals surface area contributed by atoms with Crippen LogP contribution in [-0.4, -0.2) is 6.03 Å². The number of nitrogens with one attached hydrogen (secondary N) is 2. The fourth-order valence-corrected chi connectivity index (χ4v) is 1.62. The first-order valence-electron chi connectivity index (χ1n) is 5.87. The minimum absolute atomic E-state index is 0.293. The highest BCUT2D eigenvalue weighted by Gasteiger charge is 2.02. The summed E-state index contributed by atoms with van der Waals surface area (Å²) >= 11 is 0. The van der Waals surface area contributed by atoms with E-state index in [2.05, 4.69) is 10.6 Å². The molecule has 2 N–H and O–H groups in total. The van der Waals surface area contributed by atoms with Gasteiger partial charge in [0, 0.05) is 12.2 Å². The summed E-state index contributed by atoms with van der Waals surface area (Å²) in [6, 6.07) is 18.2. The van der Waals surface area contributed by atoms with Crippen LogP contribution in [0.3, 0.4) is 0 Å². The normalized spacial score (nSPS) is 9.42. The predicted molar refractivity (Wildman–Crippen MR) is 73.5 cm³/mol. The third-order valence-electron chi connectivity index (χ3n) is 2.55. The molecule has 19 heavy (non-hydrogen) atoms. The van der Waals surface area contributed by atoms with Crippen LogP contribution in [0.15, 0.2) is 54.6 Å². The fourth-order valence-electron chi connectivity index (χ4n) is 1.62. The molecule has 2 aromatic rings. The van der Waals surface area contributed by atoms with Gasteiger partial charge in [-0.05, 0) is 23.8 Å². The second-order valence-corrected chi connectivity index (χ2v) is 3.99. The van der Waals surface area contributed by atoms with Crippen molar-refractivity contribution in [3.05, 3.63) is 65.7 Å². The van der Waals surface area contributed by atoms with Crippen LogP contribution >= 0.6 is 0 Å². The quantitative estimate of drug-likeness (QED) is 0.880. The van der Waals surface area contributed by atoms with Gasteiger partial charge in [0.05, 0.1) is 11.6 Å². The first-order chi connectivity index (χ1) is 9.28. The molecule has 0 saturated carbocycles. The lowest BCUT2D eigenvalue weighted by Gasteiger charge is -2.07. The topological polar surface area (TPSA) is 64.9 Å². The standard InChI is InChI=1S/C15H13N3O/c16-10-13-7-4-8-14(9-13)18-15(19)17-11-12-5-2-1-3-6-12/h1-9H,11H2,(H2,17,18,19). The molecule has 4 nitrogen and oxygen atoms in total. The average Bonchev–Trinajstić information content (AvgIpc) is 2.46. The molecule has 0 fully saturated rings. The Balaban J connectivity index is 1.89. The first-order valence-corrected chi connectivity index (χ1v) is 5.87. The number of benzene rings is 2. The lowest BCUT2D eigenvalue weighted by atomic mass is 10.2. The van der Waals surface area contributed by atoms with Gasteiger partial charge in [0.25, 0.3) is 0 Å². The summed E-state index contributed by atoms with van der Waals surface area (Å²) < 4.78 is 0. The third kappa shape index (κ3) is 3.86. The van der Waals surface area contributed by atoms with Crippen LogP contribution in [0.5, 0.6) is 0 Å². The maximum absolute atomic E-state index is 11.7. The molecule has 0 aliphatic heterocycles. The van der Waals surface area contributed by atoms with E-state index in [0.29, 0.717) is 17.8 Å². The zero-order valence-corrected chi connectivity index (χ0v) is 10.3. The lowest BCUT2D eigenvalue weighted by Crippen LogP contribution is -2.28. The lowest BCUT2D eigenvalue weighted by molar-refractivity contribution is 0.251. The number of hydrogen-bond donors (Lipinski definition) is 2. The van der Waals surface area contributed by atoms with Crippen LogP contribution < -0.4 is 10.6 Å². The second kappa shape index (κ2) is 6.22. The Bertz CT molecular complexity index is 602. The Kier molecular flexibility index (Phi) is 4.14. The van der Waals surface area contributed by atoms with Crippen LogP contribution in [0.4, 0.5) is 10.5 Å². The van der Waals surface area contributed by atoms with Gasteiger partial charge in [0.15, 0.2) is 0 Å². The van der Waals surface area contributed by atoms with Gasteiger partial charge in [-0.25, -0.2) is 4.79 Å². The van der Waals surface area contributed by atoms with Gasteiger partial charge in [-0.3, -0.25) is 0 Å². The van der Waals surface area contributed by atoms with Crippen molar-refractivity contribution in [2.45, 2.75) is 6.54 Å². The molecule has 0 spiro atoms. The van der Waals surface area contributed by atoms with Crippen LogP contribution in [0.2, 0.25) is 0 Å². The number of urea groups is 1. The van der Waals surface area contributed by atoms with Crippen molar-refractivity contribution in [1.82, 2.24) is 5.32 Å². The van der Waals surface area contributed by atoms with Gasteiger partial charge in [0.2, 0.25) is 0 Å². The molecule has 0 radical (unpaired) electrons. The number of hydrogen-bond acceptors (Lipinski definition) is 2. The van der Waals surface area contributed by atoms with E-state index < -0.39 is 0 Å². The maximum atomic E-state index is 11.7. The Morgan fingerprint density at radius 2 is 1.89 bits per heavy atom. The van der Waals surface area contributed by atoms with E-state index in [4.69, 9.17) is 5.26 Å². The number of nitrogens with zero attached hydrogens (tertiary/aromatic N) is 1. The van der Waals surface area contributed by atoms with Gasteiger partial charge in [0.1, 0.15) is 0 Å². The highest BCUT2D eigenvalue weighted by molar-refractivity contribution is 5.89. The van der Waals surface area contributed by atoms with Crippen molar-refractivity contribution in [1.29, 1.82) is 5.26 Å². The second-order valence-electron chi connectivity index (χ2n) is 3.99. The van der Waals surface area contributed by atoms with Gasteiger partial charge < -0.3 is 10.6 Å². The smallest absolute Gasteiger partial charge is 0.319 e. The summed E-state index contributed by atoms with van der Waals surface area (Å²) in [6.07, 6.45) is 0. The van der Waals surface area contributed by atoms with E-state index in [-0.39, 0.29) is 6.03 Å². The zero-order chi connectivity index (χ0) is 13.5. The molecule has 0 aliphatic carbocycles. The molecule has 2 aromatic carbocycles. The summed E-state index contributed by atoms with van der Waals surface area (Å²) in [6.45, 7) is 0.463. The average molecular weight is 251 g/mol. The van der Waals surface area contributed by atoms with Crippen molar-refractivity contribution < 1.29 is 4.79 Å². The van der Waals surface area contributed by atoms with Gasteiger partial charge in [-0.15, -0.1) is 0 Å². The summed E-state index contributed by atoms with van der Waals surface area (Å²) in [4.78, 5) is 11.7.